The second-order valence-corrected chi connectivity index (χ2v) is 4.68. The summed E-state index contributed by atoms with van der Waals surface area (Å²) in [4.78, 5) is 2.36. The summed E-state index contributed by atoms with van der Waals surface area (Å²) in [5.41, 5.74) is 4.06. The van der Waals surface area contributed by atoms with Crippen LogP contribution in [0.3, 0.4) is 0 Å². The van der Waals surface area contributed by atoms with Crippen molar-refractivity contribution in [3.05, 3.63) is 23.3 Å². The molecule has 0 saturated heterocycles. The van der Waals surface area contributed by atoms with E-state index >= 15 is 0 Å². The minimum atomic E-state index is 0.514. The number of hydrogen-bond donors (Lipinski definition) is 1. The van der Waals surface area contributed by atoms with Gasteiger partial charge in [-0.1, -0.05) is 6.92 Å². The zero-order chi connectivity index (χ0) is 11.1. The summed E-state index contributed by atoms with van der Waals surface area (Å²) in [7, 11) is 2.17. The van der Waals surface area contributed by atoms with Crippen molar-refractivity contribution < 1.29 is 4.74 Å². The molecule has 1 aromatic rings. The molecule has 0 bridgehead atoms. The zero-order valence-corrected chi connectivity index (χ0v) is 9.92. The first-order chi connectivity index (χ1) is 7.79. The molecule has 3 nitrogen and oxygen atoms in total. The molecule has 0 aliphatic carbocycles. The summed E-state index contributed by atoms with van der Waals surface area (Å²) in [6, 6.07) is 5.00. The lowest BCUT2D eigenvalue weighted by Crippen LogP contribution is -2.39. The molecule has 3 rings (SSSR count). The molecule has 0 radical (unpaired) electrons. The topological polar surface area (TPSA) is 24.5 Å². The summed E-state index contributed by atoms with van der Waals surface area (Å²) >= 11 is 0. The molecule has 0 saturated carbocycles. The average molecular weight is 218 g/mol. The first-order valence-electron chi connectivity index (χ1n) is 6.01. The molecular formula is C13H18N2O. The number of nitrogens with one attached hydrogen (secondary N) is 1. The van der Waals surface area contributed by atoms with Gasteiger partial charge in [-0.2, -0.15) is 0 Å². The van der Waals surface area contributed by atoms with Crippen LogP contribution < -0.4 is 15.0 Å². The third kappa shape index (κ3) is 1.39. The minimum absolute atomic E-state index is 0.514. The van der Waals surface area contributed by atoms with Gasteiger partial charge in [0.1, 0.15) is 12.4 Å². The van der Waals surface area contributed by atoms with E-state index in [2.05, 4.69) is 36.3 Å². The molecule has 0 spiro atoms. The molecule has 0 aromatic heterocycles. The molecule has 0 amide bonds. The third-order valence-electron chi connectivity index (χ3n) is 3.74. The quantitative estimate of drug-likeness (QED) is 0.779. The van der Waals surface area contributed by atoms with Crippen LogP contribution in [0.15, 0.2) is 12.1 Å². The van der Waals surface area contributed by atoms with Crippen LogP contribution in [0.4, 0.5) is 5.69 Å². The highest BCUT2D eigenvalue weighted by atomic mass is 16.5. The molecule has 1 unspecified atom stereocenters. The van der Waals surface area contributed by atoms with Gasteiger partial charge in [0.05, 0.1) is 11.7 Å². The normalized spacial score (nSPS) is 22.6. The van der Waals surface area contributed by atoms with E-state index in [4.69, 9.17) is 4.74 Å². The maximum Gasteiger partial charge on any atom is 0.143 e. The zero-order valence-electron chi connectivity index (χ0n) is 9.92. The predicted octanol–water partition coefficient (Wildman–Crippen LogP) is 1.90. The smallest absolute Gasteiger partial charge is 0.143 e. The van der Waals surface area contributed by atoms with Crippen LogP contribution in [0.5, 0.6) is 5.75 Å². The fourth-order valence-corrected chi connectivity index (χ4v) is 2.59. The van der Waals surface area contributed by atoms with Crippen LogP contribution in [0.1, 0.15) is 24.5 Å². The highest BCUT2D eigenvalue weighted by Crippen LogP contribution is 2.37. The van der Waals surface area contributed by atoms with Crippen LogP contribution in [-0.4, -0.2) is 19.7 Å². The SMILES string of the molecule is CCC1COc2cc3c(cc2N1C)CNC3. The van der Waals surface area contributed by atoms with Crippen molar-refractivity contribution >= 4 is 5.69 Å². The Morgan fingerprint density at radius 3 is 2.88 bits per heavy atom. The van der Waals surface area contributed by atoms with Gasteiger partial charge in [-0.05, 0) is 29.7 Å². The number of rotatable bonds is 1. The lowest BCUT2D eigenvalue weighted by atomic mass is 10.0. The number of anilines is 1. The number of ether oxygens (including phenoxy) is 1. The van der Waals surface area contributed by atoms with Crippen LogP contribution in [0.25, 0.3) is 0 Å². The monoisotopic (exact) mass is 218 g/mol. The van der Waals surface area contributed by atoms with E-state index in [9.17, 15) is 0 Å². The van der Waals surface area contributed by atoms with E-state index in [1.54, 1.807) is 0 Å². The van der Waals surface area contributed by atoms with Crippen molar-refractivity contribution in [3.8, 4) is 5.75 Å². The summed E-state index contributed by atoms with van der Waals surface area (Å²) in [6.45, 7) is 5.00. The second kappa shape index (κ2) is 3.67. The maximum absolute atomic E-state index is 5.85. The number of nitrogens with zero attached hydrogens (tertiary/aromatic N) is 1. The van der Waals surface area contributed by atoms with Crippen LogP contribution in [0, 0.1) is 0 Å². The van der Waals surface area contributed by atoms with Crippen LogP contribution >= 0.6 is 0 Å². The highest BCUT2D eigenvalue weighted by Gasteiger charge is 2.25. The Labute approximate surface area is 96.4 Å². The summed E-state index contributed by atoms with van der Waals surface area (Å²) in [5.74, 6) is 1.05. The molecule has 16 heavy (non-hydrogen) atoms. The number of likely N-dealkylation sites (N-methyl/N-ethyl adjacent to an activating group) is 1. The number of fused-ring (bicyclic) bond motifs is 2. The van der Waals surface area contributed by atoms with Gasteiger partial charge in [0, 0.05) is 20.1 Å². The fourth-order valence-electron chi connectivity index (χ4n) is 2.59. The van der Waals surface area contributed by atoms with Crippen molar-refractivity contribution in [1.82, 2.24) is 5.32 Å². The Morgan fingerprint density at radius 2 is 2.12 bits per heavy atom. The van der Waals surface area contributed by atoms with Gasteiger partial charge in [-0.25, -0.2) is 0 Å². The Morgan fingerprint density at radius 1 is 1.38 bits per heavy atom. The van der Waals surface area contributed by atoms with E-state index < -0.39 is 0 Å². The van der Waals surface area contributed by atoms with Crippen LogP contribution in [0.2, 0.25) is 0 Å². The fraction of sp³-hybridized carbons (Fsp3) is 0.538. The van der Waals surface area contributed by atoms with E-state index in [0.717, 1.165) is 31.9 Å². The first-order valence-corrected chi connectivity index (χ1v) is 6.01. The van der Waals surface area contributed by atoms with Crippen molar-refractivity contribution in [2.24, 2.45) is 0 Å². The van der Waals surface area contributed by atoms with Gasteiger partial charge >= 0.3 is 0 Å². The lowest BCUT2D eigenvalue weighted by Gasteiger charge is -2.35. The van der Waals surface area contributed by atoms with Crippen molar-refractivity contribution in [2.45, 2.75) is 32.5 Å². The Hall–Kier alpha value is -1.22. The van der Waals surface area contributed by atoms with E-state index in [1.165, 1.54) is 16.8 Å². The summed E-state index contributed by atoms with van der Waals surface area (Å²) in [5, 5.41) is 3.38. The molecule has 86 valence electrons. The average Bonchev–Trinajstić information content (AvgIpc) is 2.74. The standard InChI is InChI=1S/C13H18N2O/c1-3-11-8-16-13-5-10-7-14-6-9(10)4-12(13)15(11)2/h4-5,11,14H,3,6-8H2,1-2H3. The molecular weight excluding hydrogens is 200 g/mol. The Balaban J connectivity index is 2.03. The molecule has 2 aliphatic heterocycles. The third-order valence-corrected chi connectivity index (χ3v) is 3.74. The van der Waals surface area contributed by atoms with Crippen LogP contribution in [-0.2, 0) is 13.1 Å². The van der Waals surface area contributed by atoms with Gasteiger partial charge < -0.3 is 15.0 Å². The molecule has 0 fully saturated rings. The van der Waals surface area contributed by atoms with E-state index in [-0.39, 0.29) is 0 Å². The van der Waals surface area contributed by atoms with Crippen molar-refractivity contribution in [3.63, 3.8) is 0 Å². The van der Waals surface area contributed by atoms with Gasteiger partial charge in [-0.3, -0.25) is 0 Å². The molecule has 2 aliphatic rings. The van der Waals surface area contributed by atoms with Gasteiger partial charge in [0.25, 0.3) is 0 Å². The summed E-state index contributed by atoms with van der Waals surface area (Å²) in [6.07, 6.45) is 1.13. The Bertz CT molecular complexity index is 417. The summed E-state index contributed by atoms with van der Waals surface area (Å²) < 4.78 is 5.85. The first kappa shape index (κ1) is 9.97. The lowest BCUT2D eigenvalue weighted by molar-refractivity contribution is 0.263. The molecule has 2 heterocycles. The number of benzene rings is 1. The van der Waals surface area contributed by atoms with Gasteiger partial charge in [0.2, 0.25) is 0 Å². The molecule has 1 atom stereocenters. The molecule has 3 heteroatoms. The molecule has 1 aromatic carbocycles. The number of hydrogen-bond acceptors (Lipinski definition) is 3. The highest BCUT2D eigenvalue weighted by molar-refractivity contribution is 5.64. The van der Waals surface area contributed by atoms with E-state index in [0.29, 0.717) is 6.04 Å². The van der Waals surface area contributed by atoms with Gasteiger partial charge in [-0.15, -0.1) is 0 Å². The Kier molecular flexibility index (Phi) is 2.28. The van der Waals surface area contributed by atoms with Gasteiger partial charge in [0.15, 0.2) is 0 Å². The second-order valence-electron chi connectivity index (χ2n) is 4.68. The van der Waals surface area contributed by atoms with Crippen molar-refractivity contribution in [2.75, 3.05) is 18.6 Å². The molecule has 1 N–H and O–H groups in total. The predicted molar refractivity (Wildman–Crippen MR) is 65.0 cm³/mol. The van der Waals surface area contributed by atoms with E-state index in [1.807, 2.05) is 0 Å². The van der Waals surface area contributed by atoms with Crippen molar-refractivity contribution in [1.29, 1.82) is 0 Å². The minimum Gasteiger partial charge on any atom is -0.489 e. The largest absolute Gasteiger partial charge is 0.489 e. The maximum atomic E-state index is 5.85.